The molecule has 0 unspecified atom stereocenters. The quantitative estimate of drug-likeness (QED) is 0.400. The number of carbonyl (C=O) groups is 2. The molecule has 1 saturated heterocycles. The van der Waals surface area contributed by atoms with Crippen molar-refractivity contribution >= 4 is 11.9 Å². The Labute approximate surface area is 143 Å². The molecule has 1 rings (SSSR count). The fourth-order valence-electron chi connectivity index (χ4n) is 2.64. The molecule has 0 aliphatic carbocycles. The van der Waals surface area contributed by atoms with Crippen molar-refractivity contribution in [2.24, 2.45) is 0 Å². The highest BCUT2D eigenvalue weighted by molar-refractivity contribution is 5.69. The topological polar surface area (TPSA) is 106 Å². The van der Waals surface area contributed by atoms with Crippen LogP contribution < -0.4 is 5.32 Å². The predicted octanol–water partition coefficient (Wildman–Crippen LogP) is -1.69. The average Bonchev–Trinajstić information content (AvgIpc) is 2.59. The summed E-state index contributed by atoms with van der Waals surface area (Å²) < 4.78 is 4.99. The lowest BCUT2D eigenvalue weighted by Crippen LogP contribution is -2.41. The summed E-state index contributed by atoms with van der Waals surface area (Å²) in [6, 6.07) is 0. The largest absolute Gasteiger partial charge is 0.480 e. The van der Waals surface area contributed by atoms with E-state index in [4.69, 9.17) is 14.9 Å². The zero-order chi connectivity index (χ0) is 17.8. The van der Waals surface area contributed by atoms with Gasteiger partial charge in [-0.25, -0.2) is 0 Å². The van der Waals surface area contributed by atoms with E-state index in [-0.39, 0.29) is 13.1 Å². The van der Waals surface area contributed by atoms with Gasteiger partial charge in [0.2, 0.25) is 0 Å². The molecular formula is C15H30N4O5. The molecule has 0 radical (unpaired) electrons. The third kappa shape index (κ3) is 9.78. The summed E-state index contributed by atoms with van der Waals surface area (Å²) >= 11 is 0. The lowest BCUT2D eigenvalue weighted by Gasteiger charge is -2.25. The zero-order valence-electron chi connectivity index (χ0n) is 14.4. The van der Waals surface area contributed by atoms with Crippen LogP contribution >= 0.6 is 0 Å². The van der Waals surface area contributed by atoms with E-state index in [1.807, 2.05) is 9.80 Å². The van der Waals surface area contributed by atoms with Crippen LogP contribution in [0, 0.1) is 0 Å². The van der Waals surface area contributed by atoms with Gasteiger partial charge in [-0.05, 0) is 0 Å². The summed E-state index contributed by atoms with van der Waals surface area (Å²) in [7, 11) is 1.66. The van der Waals surface area contributed by atoms with Gasteiger partial charge in [0.15, 0.2) is 0 Å². The van der Waals surface area contributed by atoms with Crippen LogP contribution in [0.5, 0.6) is 0 Å². The number of carboxylic acids is 2. The summed E-state index contributed by atoms with van der Waals surface area (Å²) in [6.07, 6.45) is 0. The minimum absolute atomic E-state index is 0.0131. The average molecular weight is 346 g/mol. The number of ether oxygens (including phenoxy) is 1. The Hall–Kier alpha value is -1.26. The van der Waals surface area contributed by atoms with Gasteiger partial charge in [0.1, 0.15) is 0 Å². The fourth-order valence-corrected chi connectivity index (χ4v) is 2.64. The Kier molecular flexibility index (Phi) is 10.5. The molecule has 9 nitrogen and oxygen atoms in total. The van der Waals surface area contributed by atoms with Crippen molar-refractivity contribution in [3.05, 3.63) is 0 Å². The molecule has 0 aromatic heterocycles. The third-order valence-electron chi connectivity index (χ3n) is 4.00. The Morgan fingerprint density at radius 1 is 0.875 bits per heavy atom. The van der Waals surface area contributed by atoms with Gasteiger partial charge < -0.3 is 20.3 Å². The van der Waals surface area contributed by atoms with Crippen LogP contribution in [0.1, 0.15) is 0 Å². The maximum atomic E-state index is 11.0. The van der Waals surface area contributed by atoms with Crippen molar-refractivity contribution in [3.63, 3.8) is 0 Å². The minimum Gasteiger partial charge on any atom is -0.480 e. The SMILES string of the molecule is COCCNCCN1CCN(CC(=O)O)CCN(CC(=O)O)CC1. The number of methoxy groups -OCH3 is 1. The number of aliphatic carboxylic acids is 2. The second kappa shape index (κ2) is 12.2. The van der Waals surface area contributed by atoms with Crippen LogP contribution in [-0.2, 0) is 14.3 Å². The minimum atomic E-state index is -0.855. The number of rotatable bonds is 10. The van der Waals surface area contributed by atoms with Crippen LogP contribution in [0.25, 0.3) is 0 Å². The standard InChI is InChI=1S/C15H30N4O5/c1-24-11-3-16-2-4-17-5-7-18(12-14(20)21)9-10-19(8-6-17)13-15(22)23/h16H,2-13H2,1H3,(H,20,21)(H,22,23). The van der Waals surface area contributed by atoms with Crippen molar-refractivity contribution in [2.75, 3.05) is 85.7 Å². The summed E-state index contributed by atoms with van der Waals surface area (Å²) in [6.45, 7) is 7.13. The molecule has 0 bridgehead atoms. The predicted molar refractivity (Wildman–Crippen MR) is 89.3 cm³/mol. The van der Waals surface area contributed by atoms with Gasteiger partial charge in [0.05, 0.1) is 19.7 Å². The van der Waals surface area contributed by atoms with Gasteiger partial charge in [-0.15, -0.1) is 0 Å². The van der Waals surface area contributed by atoms with Gasteiger partial charge in [-0.1, -0.05) is 0 Å². The van der Waals surface area contributed by atoms with Gasteiger partial charge in [-0.2, -0.15) is 0 Å². The monoisotopic (exact) mass is 346 g/mol. The van der Waals surface area contributed by atoms with Gasteiger partial charge in [0, 0.05) is 66.0 Å². The van der Waals surface area contributed by atoms with Crippen molar-refractivity contribution in [1.29, 1.82) is 0 Å². The first kappa shape index (κ1) is 20.8. The first-order chi connectivity index (χ1) is 11.5. The first-order valence-corrected chi connectivity index (χ1v) is 8.31. The van der Waals surface area contributed by atoms with Crippen LogP contribution in [0.4, 0.5) is 0 Å². The van der Waals surface area contributed by atoms with E-state index in [0.29, 0.717) is 32.8 Å². The Morgan fingerprint density at radius 2 is 1.33 bits per heavy atom. The molecule has 140 valence electrons. The number of nitrogens with one attached hydrogen (secondary N) is 1. The maximum absolute atomic E-state index is 11.0. The molecule has 1 aliphatic rings. The lowest BCUT2D eigenvalue weighted by atomic mass is 10.4. The molecule has 1 aliphatic heterocycles. The van der Waals surface area contributed by atoms with Crippen molar-refractivity contribution in [2.45, 2.75) is 0 Å². The highest BCUT2D eigenvalue weighted by Gasteiger charge is 2.18. The molecule has 1 fully saturated rings. The van der Waals surface area contributed by atoms with E-state index in [0.717, 1.165) is 32.7 Å². The highest BCUT2D eigenvalue weighted by Crippen LogP contribution is 2.00. The summed E-state index contributed by atoms with van der Waals surface area (Å²) in [5.74, 6) is -1.71. The molecule has 0 atom stereocenters. The highest BCUT2D eigenvalue weighted by atomic mass is 16.5. The van der Waals surface area contributed by atoms with Crippen LogP contribution in [0.2, 0.25) is 0 Å². The molecular weight excluding hydrogens is 316 g/mol. The van der Waals surface area contributed by atoms with E-state index < -0.39 is 11.9 Å². The van der Waals surface area contributed by atoms with Gasteiger partial charge in [-0.3, -0.25) is 24.3 Å². The van der Waals surface area contributed by atoms with Crippen LogP contribution in [-0.4, -0.2) is 123 Å². The molecule has 9 heteroatoms. The molecule has 1 heterocycles. The lowest BCUT2D eigenvalue weighted by molar-refractivity contribution is -0.140. The van der Waals surface area contributed by atoms with E-state index in [1.54, 1.807) is 7.11 Å². The smallest absolute Gasteiger partial charge is 0.317 e. The Bertz CT molecular complexity index is 355. The van der Waals surface area contributed by atoms with Gasteiger partial charge in [0.25, 0.3) is 0 Å². The van der Waals surface area contributed by atoms with Crippen LogP contribution in [0.15, 0.2) is 0 Å². The number of nitrogens with zero attached hydrogens (tertiary/aromatic N) is 3. The summed E-state index contributed by atoms with van der Waals surface area (Å²) in [5, 5.41) is 21.3. The molecule has 0 spiro atoms. The number of carboxylic acid groups (broad SMARTS) is 2. The van der Waals surface area contributed by atoms with Gasteiger partial charge >= 0.3 is 11.9 Å². The zero-order valence-corrected chi connectivity index (χ0v) is 14.4. The van der Waals surface area contributed by atoms with Crippen LogP contribution in [0.3, 0.4) is 0 Å². The first-order valence-electron chi connectivity index (χ1n) is 8.31. The second-order valence-electron chi connectivity index (χ2n) is 5.92. The van der Waals surface area contributed by atoms with Crippen molar-refractivity contribution < 1.29 is 24.5 Å². The van der Waals surface area contributed by atoms with E-state index in [9.17, 15) is 9.59 Å². The summed E-state index contributed by atoms with van der Waals surface area (Å²) in [5.41, 5.74) is 0. The van der Waals surface area contributed by atoms with E-state index in [2.05, 4.69) is 10.2 Å². The Balaban J connectivity index is 2.52. The molecule has 24 heavy (non-hydrogen) atoms. The Morgan fingerprint density at radius 3 is 1.75 bits per heavy atom. The number of hydrogen-bond acceptors (Lipinski definition) is 7. The second-order valence-corrected chi connectivity index (χ2v) is 5.92. The third-order valence-corrected chi connectivity index (χ3v) is 4.00. The summed E-state index contributed by atoms with van der Waals surface area (Å²) in [4.78, 5) is 27.9. The van der Waals surface area contributed by atoms with E-state index in [1.165, 1.54) is 0 Å². The maximum Gasteiger partial charge on any atom is 0.317 e. The van der Waals surface area contributed by atoms with E-state index >= 15 is 0 Å². The molecule has 0 aromatic carbocycles. The fraction of sp³-hybridized carbons (Fsp3) is 0.867. The number of hydrogen-bond donors (Lipinski definition) is 3. The normalized spacial score (nSPS) is 18.7. The van der Waals surface area contributed by atoms with Crippen molar-refractivity contribution in [3.8, 4) is 0 Å². The molecule has 0 aromatic rings. The molecule has 0 saturated carbocycles. The van der Waals surface area contributed by atoms with Crippen molar-refractivity contribution in [1.82, 2.24) is 20.0 Å². The molecule has 3 N–H and O–H groups in total. The molecule has 0 amide bonds.